The summed E-state index contributed by atoms with van der Waals surface area (Å²) in [6.07, 6.45) is 0.657. The normalized spacial score (nSPS) is 12.5. The van der Waals surface area contributed by atoms with Gasteiger partial charge in [-0.05, 0) is 36.2 Å². The molecule has 0 radical (unpaired) electrons. The van der Waals surface area contributed by atoms with E-state index < -0.39 is 0 Å². The Balaban J connectivity index is 1.61. The van der Waals surface area contributed by atoms with Gasteiger partial charge in [-0.1, -0.05) is 24.3 Å². The number of oxazole rings is 1. The zero-order valence-corrected chi connectivity index (χ0v) is 12.0. The molecule has 0 aliphatic heterocycles. The van der Waals surface area contributed by atoms with Crippen molar-refractivity contribution in [3.8, 4) is 0 Å². The van der Waals surface area contributed by atoms with Crippen LogP contribution >= 0.6 is 0 Å². The number of nitrogens with zero attached hydrogens (tertiary/aromatic N) is 1. The highest BCUT2D eigenvalue weighted by Gasteiger charge is 2.11. The lowest BCUT2D eigenvalue weighted by Crippen LogP contribution is -2.20. The average molecular weight is 300 g/mol. The van der Waals surface area contributed by atoms with Crippen LogP contribution in [0, 0.1) is 11.7 Å². The molecular formula is C17H17FN2O2. The highest BCUT2D eigenvalue weighted by Crippen LogP contribution is 2.18. The molecule has 4 nitrogen and oxygen atoms in total. The van der Waals surface area contributed by atoms with Gasteiger partial charge in [0.25, 0.3) is 6.01 Å². The summed E-state index contributed by atoms with van der Waals surface area (Å²) in [5.74, 6) is -0.255. The predicted molar refractivity (Wildman–Crippen MR) is 83.2 cm³/mol. The molecule has 1 atom stereocenters. The molecule has 0 spiro atoms. The van der Waals surface area contributed by atoms with E-state index >= 15 is 0 Å². The number of nitrogens with one attached hydrogen (secondary N) is 1. The van der Waals surface area contributed by atoms with E-state index in [9.17, 15) is 9.50 Å². The monoisotopic (exact) mass is 300 g/mol. The molecule has 5 heteroatoms. The maximum atomic E-state index is 12.9. The zero-order valence-electron chi connectivity index (χ0n) is 12.0. The molecule has 114 valence electrons. The fourth-order valence-corrected chi connectivity index (χ4v) is 2.33. The SMILES string of the molecule is OC[C@@H](CNc1nc2ccccc2o1)Cc1ccc(F)cc1. The Morgan fingerprint density at radius 3 is 2.64 bits per heavy atom. The number of hydrogen-bond acceptors (Lipinski definition) is 4. The fraction of sp³-hybridized carbons (Fsp3) is 0.235. The molecule has 0 saturated heterocycles. The van der Waals surface area contributed by atoms with E-state index in [4.69, 9.17) is 4.42 Å². The van der Waals surface area contributed by atoms with Crippen molar-refractivity contribution in [2.45, 2.75) is 6.42 Å². The number of aliphatic hydroxyl groups is 1. The standard InChI is InChI=1S/C17H17FN2O2/c18-14-7-5-12(6-8-14)9-13(11-21)10-19-17-20-15-3-1-2-4-16(15)22-17/h1-8,13,21H,9-11H2,(H,19,20)/t13-/m1/s1. The van der Waals surface area contributed by atoms with Crippen LogP contribution in [0.15, 0.2) is 52.9 Å². The van der Waals surface area contributed by atoms with Crippen molar-refractivity contribution in [1.82, 2.24) is 4.98 Å². The summed E-state index contributed by atoms with van der Waals surface area (Å²) in [5.41, 5.74) is 2.51. The van der Waals surface area contributed by atoms with Gasteiger partial charge in [0.15, 0.2) is 5.58 Å². The van der Waals surface area contributed by atoms with E-state index in [1.165, 1.54) is 12.1 Å². The molecule has 0 amide bonds. The molecular weight excluding hydrogens is 283 g/mol. The summed E-state index contributed by atoms with van der Waals surface area (Å²) in [5, 5.41) is 12.6. The Kier molecular flexibility index (Phi) is 4.34. The zero-order chi connectivity index (χ0) is 15.4. The number of halogens is 1. The first-order valence-electron chi connectivity index (χ1n) is 7.19. The topological polar surface area (TPSA) is 58.3 Å². The van der Waals surface area contributed by atoms with E-state index in [0.29, 0.717) is 19.0 Å². The number of aromatic nitrogens is 1. The second-order valence-corrected chi connectivity index (χ2v) is 5.25. The predicted octanol–water partition coefficient (Wildman–Crippen LogP) is 3.23. The van der Waals surface area contributed by atoms with Crippen LogP contribution in [-0.2, 0) is 6.42 Å². The Morgan fingerprint density at radius 2 is 1.91 bits per heavy atom. The second-order valence-electron chi connectivity index (χ2n) is 5.25. The summed E-state index contributed by atoms with van der Waals surface area (Å²) >= 11 is 0. The third kappa shape index (κ3) is 3.43. The quantitative estimate of drug-likeness (QED) is 0.734. The molecule has 0 saturated carbocycles. The van der Waals surface area contributed by atoms with Gasteiger partial charge in [-0.2, -0.15) is 4.98 Å². The summed E-state index contributed by atoms with van der Waals surface area (Å²) in [4.78, 5) is 4.33. The number of benzene rings is 2. The summed E-state index contributed by atoms with van der Waals surface area (Å²) in [6.45, 7) is 0.561. The van der Waals surface area contributed by atoms with Gasteiger partial charge < -0.3 is 14.8 Å². The summed E-state index contributed by atoms with van der Waals surface area (Å²) in [7, 11) is 0. The van der Waals surface area contributed by atoms with Crippen LogP contribution in [0.1, 0.15) is 5.56 Å². The van der Waals surface area contributed by atoms with Crippen molar-refractivity contribution < 1.29 is 13.9 Å². The van der Waals surface area contributed by atoms with Gasteiger partial charge in [0.2, 0.25) is 0 Å². The molecule has 0 unspecified atom stereocenters. The van der Waals surface area contributed by atoms with Crippen LogP contribution in [0.4, 0.5) is 10.4 Å². The molecule has 3 aromatic rings. The van der Waals surface area contributed by atoms with Gasteiger partial charge in [0.1, 0.15) is 11.3 Å². The lowest BCUT2D eigenvalue weighted by atomic mass is 10.00. The van der Waals surface area contributed by atoms with Crippen molar-refractivity contribution in [1.29, 1.82) is 0 Å². The first kappa shape index (κ1) is 14.5. The Morgan fingerprint density at radius 1 is 1.14 bits per heavy atom. The third-order valence-electron chi connectivity index (χ3n) is 3.53. The van der Waals surface area contributed by atoms with Crippen LogP contribution in [0.5, 0.6) is 0 Å². The van der Waals surface area contributed by atoms with Crippen molar-refractivity contribution in [3.63, 3.8) is 0 Å². The molecule has 1 heterocycles. The summed E-state index contributed by atoms with van der Waals surface area (Å²) < 4.78 is 18.5. The highest BCUT2D eigenvalue weighted by molar-refractivity contribution is 5.74. The van der Waals surface area contributed by atoms with Gasteiger partial charge in [-0.15, -0.1) is 0 Å². The van der Waals surface area contributed by atoms with Crippen LogP contribution < -0.4 is 5.32 Å². The number of para-hydroxylation sites is 2. The largest absolute Gasteiger partial charge is 0.424 e. The van der Waals surface area contributed by atoms with Gasteiger partial charge in [0.05, 0.1) is 0 Å². The van der Waals surface area contributed by atoms with Crippen molar-refractivity contribution in [2.24, 2.45) is 5.92 Å². The maximum absolute atomic E-state index is 12.9. The van der Waals surface area contributed by atoms with Crippen molar-refractivity contribution >= 4 is 17.1 Å². The van der Waals surface area contributed by atoms with Crippen LogP contribution in [0.2, 0.25) is 0 Å². The van der Waals surface area contributed by atoms with E-state index in [1.54, 1.807) is 12.1 Å². The second kappa shape index (κ2) is 6.58. The molecule has 3 rings (SSSR count). The van der Waals surface area contributed by atoms with Gasteiger partial charge in [-0.25, -0.2) is 4.39 Å². The van der Waals surface area contributed by atoms with Crippen molar-refractivity contribution in [2.75, 3.05) is 18.5 Å². The molecule has 22 heavy (non-hydrogen) atoms. The minimum absolute atomic E-state index is 0.000438. The lowest BCUT2D eigenvalue weighted by molar-refractivity contribution is 0.232. The van der Waals surface area contributed by atoms with E-state index in [2.05, 4.69) is 10.3 Å². The molecule has 0 bridgehead atoms. The Bertz CT molecular complexity index is 707. The van der Waals surface area contributed by atoms with Crippen LogP contribution in [0.25, 0.3) is 11.1 Å². The number of aliphatic hydroxyl groups excluding tert-OH is 1. The maximum Gasteiger partial charge on any atom is 0.295 e. The van der Waals surface area contributed by atoms with E-state index in [-0.39, 0.29) is 18.3 Å². The van der Waals surface area contributed by atoms with E-state index in [0.717, 1.165) is 16.7 Å². The number of anilines is 1. The van der Waals surface area contributed by atoms with Gasteiger partial charge in [-0.3, -0.25) is 0 Å². The van der Waals surface area contributed by atoms with E-state index in [1.807, 2.05) is 24.3 Å². The number of rotatable bonds is 6. The van der Waals surface area contributed by atoms with Gasteiger partial charge >= 0.3 is 0 Å². The fourth-order valence-electron chi connectivity index (χ4n) is 2.33. The smallest absolute Gasteiger partial charge is 0.295 e. The molecule has 0 aliphatic carbocycles. The molecule has 2 N–H and O–H groups in total. The number of fused-ring (bicyclic) bond motifs is 1. The number of hydrogen-bond donors (Lipinski definition) is 2. The highest BCUT2D eigenvalue weighted by atomic mass is 19.1. The average Bonchev–Trinajstić information content (AvgIpc) is 2.96. The Labute approximate surface area is 127 Å². The molecule has 1 aromatic heterocycles. The van der Waals surface area contributed by atoms with Crippen LogP contribution in [-0.4, -0.2) is 23.2 Å². The molecule has 2 aromatic carbocycles. The summed E-state index contributed by atoms with van der Waals surface area (Å²) in [6, 6.07) is 14.3. The minimum Gasteiger partial charge on any atom is -0.424 e. The van der Waals surface area contributed by atoms with Gasteiger partial charge in [0, 0.05) is 19.1 Å². The van der Waals surface area contributed by atoms with Crippen LogP contribution in [0.3, 0.4) is 0 Å². The van der Waals surface area contributed by atoms with Crippen molar-refractivity contribution in [3.05, 3.63) is 59.9 Å². The Hall–Kier alpha value is -2.40. The minimum atomic E-state index is -0.256. The first-order valence-corrected chi connectivity index (χ1v) is 7.19. The lowest BCUT2D eigenvalue weighted by Gasteiger charge is -2.14. The first-order chi connectivity index (χ1) is 10.7. The molecule has 0 aliphatic rings. The third-order valence-corrected chi connectivity index (χ3v) is 3.53. The molecule has 0 fully saturated rings.